The van der Waals surface area contributed by atoms with Gasteiger partial charge in [0.05, 0.1) is 26.4 Å². The Morgan fingerprint density at radius 3 is 2.48 bits per heavy atom. The third-order valence-corrected chi connectivity index (χ3v) is 3.34. The van der Waals surface area contributed by atoms with Gasteiger partial charge >= 0.3 is 5.97 Å². The van der Waals surface area contributed by atoms with E-state index in [1.54, 1.807) is 12.1 Å². The molecule has 0 aromatic heterocycles. The zero-order valence-electron chi connectivity index (χ0n) is 14.0. The van der Waals surface area contributed by atoms with Crippen molar-refractivity contribution in [2.24, 2.45) is 0 Å². The third-order valence-electron chi connectivity index (χ3n) is 3.34. The molecule has 2 aromatic rings. The van der Waals surface area contributed by atoms with E-state index in [2.05, 4.69) is 6.58 Å². The van der Waals surface area contributed by atoms with Crippen LogP contribution in [0.2, 0.25) is 0 Å². The van der Waals surface area contributed by atoms with E-state index >= 15 is 0 Å². The summed E-state index contributed by atoms with van der Waals surface area (Å²) in [5.41, 5.74) is 0. The maximum atomic E-state index is 10.8. The lowest BCUT2D eigenvalue weighted by molar-refractivity contribution is -0.139. The fourth-order valence-electron chi connectivity index (χ4n) is 2.13. The summed E-state index contributed by atoms with van der Waals surface area (Å²) >= 11 is 0. The number of esters is 1. The Bertz CT molecular complexity index is 697. The van der Waals surface area contributed by atoms with Crippen LogP contribution in [0.15, 0.2) is 49.1 Å². The van der Waals surface area contributed by atoms with E-state index in [4.69, 9.17) is 18.9 Å². The molecule has 0 aliphatic rings. The van der Waals surface area contributed by atoms with Crippen LogP contribution >= 0.6 is 0 Å². The highest BCUT2D eigenvalue weighted by molar-refractivity contribution is 5.89. The normalized spacial score (nSPS) is 10.6. The summed E-state index contributed by atoms with van der Waals surface area (Å²) in [6.45, 7) is 5.53. The summed E-state index contributed by atoms with van der Waals surface area (Å²) < 4.78 is 21.0. The molecule has 0 heterocycles. The number of fused-ring (bicyclic) bond motifs is 1. The van der Waals surface area contributed by atoms with Crippen molar-refractivity contribution in [3.63, 3.8) is 0 Å². The van der Waals surface area contributed by atoms with Gasteiger partial charge in [0.15, 0.2) is 0 Å². The van der Waals surface area contributed by atoms with Crippen LogP contribution < -0.4 is 4.74 Å². The van der Waals surface area contributed by atoms with Gasteiger partial charge in [-0.15, -0.1) is 0 Å². The van der Waals surface area contributed by atoms with Crippen LogP contribution in [0.5, 0.6) is 11.5 Å². The average molecular weight is 346 g/mol. The number of phenols is 1. The molecule has 134 valence electrons. The zero-order chi connectivity index (χ0) is 17.9. The second-order valence-corrected chi connectivity index (χ2v) is 5.10. The van der Waals surface area contributed by atoms with Gasteiger partial charge in [-0.3, -0.25) is 0 Å². The van der Waals surface area contributed by atoms with Crippen molar-refractivity contribution in [1.82, 2.24) is 0 Å². The van der Waals surface area contributed by atoms with Crippen molar-refractivity contribution in [3.05, 3.63) is 49.1 Å². The van der Waals surface area contributed by atoms with E-state index in [1.807, 2.05) is 24.3 Å². The van der Waals surface area contributed by atoms with E-state index in [0.717, 1.165) is 22.6 Å². The Morgan fingerprint density at radius 1 is 1.00 bits per heavy atom. The quantitative estimate of drug-likeness (QED) is 0.383. The van der Waals surface area contributed by atoms with Crippen molar-refractivity contribution in [2.75, 3.05) is 39.6 Å². The lowest BCUT2D eigenvalue weighted by atomic mass is 10.1. The fourth-order valence-corrected chi connectivity index (χ4v) is 2.13. The standard InChI is InChI=1S/C19H22O6/c1-2-19(21)25-13-11-23-9-8-22-10-12-24-16-6-7-17-15(14-16)4-3-5-18(17)20/h2-7,14,20H,1,8-13H2. The number of aromatic hydroxyl groups is 1. The molecule has 25 heavy (non-hydrogen) atoms. The second-order valence-electron chi connectivity index (χ2n) is 5.10. The van der Waals surface area contributed by atoms with Crippen molar-refractivity contribution in [2.45, 2.75) is 0 Å². The smallest absolute Gasteiger partial charge is 0.330 e. The molecule has 0 atom stereocenters. The fraction of sp³-hybridized carbons (Fsp3) is 0.316. The van der Waals surface area contributed by atoms with Crippen LogP contribution in [0.3, 0.4) is 0 Å². The topological polar surface area (TPSA) is 74.2 Å². The number of carbonyl (C=O) groups is 1. The van der Waals surface area contributed by atoms with Gasteiger partial charge < -0.3 is 24.1 Å². The zero-order valence-corrected chi connectivity index (χ0v) is 14.0. The summed E-state index contributed by atoms with van der Waals surface area (Å²) in [5, 5.41) is 11.5. The molecule has 0 fully saturated rings. The highest BCUT2D eigenvalue weighted by Gasteiger charge is 2.01. The third kappa shape index (κ3) is 6.45. The minimum absolute atomic E-state index is 0.200. The number of carbonyl (C=O) groups excluding carboxylic acids is 1. The highest BCUT2D eigenvalue weighted by Crippen LogP contribution is 2.27. The van der Waals surface area contributed by atoms with Crippen LogP contribution in [-0.2, 0) is 19.0 Å². The first-order valence-corrected chi connectivity index (χ1v) is 8.00. The minimum atomic E-state index is -0.457. The number of phenolic OH excluding ortho intramolecular Hbond substituents is 1. The Labute approximate surface area is 146 Å². The molecule has 0 aliphatic heterocycles. The number of rotatable bonds is 11. The molecule has 2 rings (SSSR count). The van der Waals surface area contributed by atoms with Gasteiger partial charge in [0.1, 0.15) is 24.7 Å². The minimum Gasteiger partial charge on any atom is -0.507 e. The first kappa shape index (κ1) is 18.8. The van der Waals surface area contributed by atoms with E-state index in [-0.39, 0.29) is 12.4 Å². The van der Waals surface area contributed by atoms with Crippen LogP contribution in [-0.4, -0.2) is 50.7 Å². The van der Waals surface area contributed by atoms with Gasteiger partial charge in [-0.25, -0.2) is 4.79 Å². The van der Waals surface area contributed by atoms with Crippen LogP contribution in [0.1, 0.15) is 0 Å². The largest absolute Gasteiger partial charge is 0.507 e. The Kier molecular flexibility index (Phi) is 7.75. The first-order valence-electron chi connectivity index (χ1n) is 8.00. The SMILES string of the molecule is C=CC(=O)OCCOCCOCCOc1ccc2c(O)cccc2c1. The molecule has 0 radical (unpaired) electrons. The lowest BCUT2D eigenvalue weighted by Crippen LogP contribution is -2.13. The molecule has 0 amide bonds. The van der Waals surface area contributed by atoms with Gasteiger partial charge in [0, 0.05) is 11.5 Å². The average Bonchev–Trinajstić information content (AvgIpc) is 2.63. The van der Waals surface area contributed by atoms with Crippen LogP contribution in [0, 0.1) is 0 Å². The summed E-state index contributed by atoms with van der Waals surface area (Å²) in [6.07, 6.45) is 1.11. The molecule has 0 saturated carbocycles. The molecule has 6 nitrogen and oxygen atoms in total. The van der Waals surface area contributed by atoms with E-state index < -0.39 is 5.97 Å². The van der Waals surface area contributed by atoms with Gasteiger partial charge in [0.2, 0.25) is 0 Å². The summed E-state index contributed by atoms with van der Waals surface area (Å²) in [7, 11) is 0. The lowest BCUT2D eigenvalue weighted by Gasteiger charge is -2.09. The number of hydrogen-bond acceptors (Lipinski definition) is 6. The monoisotopic (exact) mass is 346 g/mol. The molecule has 1 N–H and O–H groups in total. The van der Waals surface area contributed by atoms with Crippen molar-refractivity contribution in [3.8, 4) is 11.5 Å². The molecule has 0 unspecified atom stereocenters. The second kappa shape index (κ2) is 10.3. The van der Waals surface area contributed by atoms with Crippen molar-refractivity contribution < 1.29 is 28.8 Å². The molecule has 0 saturated heterocycles. The van der Waals surface area contributed by atoms with E-state index in [0.29, 0.717) is 33.0 Å². The molecule has 0 spiro atoms. The van der Waals surface area contributed by atoms with Crippen LogP contribution in [0.4, 0.5) is 0 Å². The summed E-state index contributed by atoms with van der Waals surface area (Å²) in [4.78, 5) is 10.8. The Morgan fingerprint density at radius 2 is 1.72 bits per heavy atom. The van der Waals surface area contributed by atoms with E-state index in [1.165, 1.54) is 0 Å². The predicted octanol–water partition coefficient (Wildman–Crippen LogP) is 2.69. The Balaban J connectivity index is 1.55. The maximum Gasteiger partial charge on any atom is 0.330 e. The molecule has 2 aromatic carbocycles. The van der Waals surface area contributed by atoms with Gasteiger partial charge in [-0.05, 0) is 29.7 Å². The van der Waals surface area contributed by atoms with Crippen molar-refractivity contribution >= 4 is 16.7 Å². The highest BCUT2D eigenvalue weighted by atomic mass is 16.6. The first-order chi connectivity index (χ1) is 12.2. The van der Waals surface area contributed by atoms with Crippen LogP contribution in [0.25, 0.3) is 10.8 Å². The number of benzene rings is 2. The Hall–Kier alpha value is -2.57. The number of ether oxygens (including phenoxy) is 4. The van der Waals surface area contributed by atoms with Gasteiger partial charge in [-0.1, -0.05) is 18.7 Å². The summed E-state index contributed by atoms with van der Waals surface area (Å²) in [5.74, 6) is 0.523. The van der Waals surface area contributed by atoms with E-state index in [9.17, 15) is 9.90 Å². The summed E-state index contributed by atoms with van der Waals surface area (Å²) in [6, 6.07) is 10.9. The molecule has 0 aliphatic carbocycles. The molecular weight excluding hydrogens is 324 g/mol. The van der Waals surface area contributed by atoms with Gasteiger partial charge in [-0.2, -0.15) is 0 Å². The maximum absolute atomic E-state index is 10.8. The molecule has 6 heteroatoms. The molecule has 0 bridgehead atoms. The van der Waals surface area contributed by atoms with Gasteiger partial charge in [0.25, 0.3) is 0 Å². The molecular formula is C19H22O6. The number of hydrogen-bond donors (Lipinski definition) is 1. The predicted molar refractivity (Wildman–Crippen MR) is 93.9 cm³/mol. The van der Waals surface area contributed by atoms with Crippen molar-refractivity contribution in [1.29, 1.82) is 0 Å².